The van der Waals surface area contributed by atoms with Gasteiger partial charge in [-0.15, -0.1) is 0 Å². The monoisotopic (exact) mass is 247 g/mol. The summed E-state index contributed by atoms with van der Waals surface area (Å²) in [6.45, 7) is 6.03. The molecule has 18 heavy (non-hydrogen) atoms. The topological polar surface area (TPSA) is 84.5 Å². The first kappa shape index (κ1) is 12.6. The maximum absolute atomic E-state index is 12.2. The summed E-state index contributed by atoms with van der Waals surface area (Å²) in [5.41, 5.74) is 7.92. The first-order valence-corrected chi connectivity index (χ1v) is 5.94. The van der Waals surface area contributed by atoms with Crippen molar-refractivity contribution in [3.8, 4) is 0 Å². The molecule has 0 saturated carbocycles. The molecule has 0 aromatic carbocycles. The summed E-state index contributed by atoms with van der Waals surface area (Å²) in [7, 11) is 0. The van der Waals surface area contributed by atoms with E-state index in [0.29, 0.717) is 18.9 Å². The Hall–Kier alpha value is -1.82. The van der Waals surface area contributed by atoms with Gasteiger partial charge in [-0.2, -0.15) is 10.1 Å². The normalized spacial score (nSPS) is 19.3. The predicted molar refractivity (Wildman–Crippen MR) is 69.3 cm³/mol. The van der Waals surface area contributed by atoms with E-state index in [4.69, 9.17) is 5.73 Å². The number of aromatic nitrogens is 2. The zero-order valence-corrected chi connectivity index (χ0v) is 10.8. The van der Waals surface area contributed by atoms with Crippen LogP contribution in [0.4, 0.5) is 5.95 Å². The van der Waals surface area contributed by atoms with Crippen LogP contribution in [0.3, 0.4) is 0 Å². The molecular weight excluding hydrogens is 230 g/mol. The quantitative estimate of drug-likeness (QED) is 0.855. The SMILES string of the molecule is CC1=NN(c2nc(C)cc(C)n2)C(=O)C1CCN. The highest BCUT2D eigenvalue weighted by molar-refractivity contribution is 6.14. The van der Waals surface area contributed by atoms with E-state index in [9.17, 15) is 4.79 Å². The molecule has 1 atom stereocenters. The fraction of sp³-hybridized carbons (Fsp3) is 0.500. The summed E-state index contributed by atoms with van der Waals surface area (Å²) in [6, 6.07) is 1.86. The molecule has 1 amide bonds. The van der Waals surface area contributed by atoms with Crippen LogP contribution < -0.4 is 10.7 Å². The summed E-state index contributed by atoms with van der Waals surface area (Å²) < 4.78 is 0. The maximum atomic E-state index is 12.2. The third-order valence-electron chi connectivity index (χ3n) is 2.88. The number of hydrazone groups is 1. The molecular formula is C12H17N5O. The van der Waals surface area contributed by atoms with E-state index >= 15 is 0 Å². The Morgan fingerprint density at radius 2 is 1.89 bits per heavy atom. The Bertz CT molecular complexity index is 491. The molecule has 2 heterocycles. The van der Waals surface area contributed by atoms with Crippen LogP contribution in [0.15, 0.2) is 11.2 Å². The Morgan fingerprint density at radius 3 is 2.44 bits per heavy atom. The molecule has 6 heteroatoms. The lowest BCUT2D eigenvalue weighted by Crippen LogP contribution is -2.30. The van der Waals surface area contributed by atoms with Crippen molar-refractivity contribution in [3.05, 3.63) is 17.5 Å². The third kappa shape index (κ3) is 2.24. The number of aryl methyl sites for hydroxylation is 2. The lowest BCUT2D eigenvalue weighted by atomic mass is 10.0. The van der Waals surface area contributed by atoms with Crippen LogP contribution in [-0.4, -0.2) is 28.1 Å². The van der Waals surface area contributed by atoms with Gasteiger partial charge >= 0.3 is 0 Å². The lowest BCUT2D eigenvalue weighted by Gasteiger charge is -2.12. The highest BCUT2D eigenvalue weighted by Crippen LogP contribution is 2.23. The average Bonchev–Trinajstić information content (AvgIpc) is 2.56. The van der Waals surface area contributed by atoms with Crippen LogP contribution in [0.2, 0.25) is 0 Å². The van der Waals surface area contributed by atoms with Gasteiger partial charge in [0.25, 0.3) is 11.9 Å². The molecule has 1 unspecified atom stereocenters. The van der Waals surface area contributed by atoms with Crippen LogP contribution in [-0.2, 0) is 4.79 Å². The zero-order valence-electron chi connectivity index (χ0n) is 10.8. The van der Waals surface area contributed by atoms with Crippen LogP contribution in [0, 0.1) is 19.8 Å². The number of rotatable bonds is 3. The molecule has 6 nitrogen and oxygen atoms in total. The van der Waals surface area contributed by atoms with Gasteiger partial charge < -0.3 is 5.73 Å². The fourth-order valence-electron chi connectivity index (χ4n) is 2.05. The van der Waals surface area contributed by atoms with Gasteiger partial charge in [0.2, 0.25) is 0 Å². The second-order valence-electron chi connectivity index (χ2n) is 4.47. The van der Waals surface area contributed by atoms with Gasteiger partial charge in [-0.05, 0) is 39.8 Å². The highest BCUT2D eigenvalue weighted by atomic mass is 16.2. The fourth-order valence-corrected chi connectivity index (χ4v) is 2.05. The summed E-state index contributed by atoms with van der Waals surface area (Å²) in [6.07, 6.45) is 0.607. The van der Waals surface area contributed by atoms with E-state index in [1.54, 1.807) is 0 Å². The molecule has 2 N–H and O–H groups in total. The third-order valence-corrected chi connectivity index (χ3v) is 2.88. The van der Waals surface area contributed by atoms with Crippen molar-refractivity contribution in [2.75, 3.05) is 11.6 Å². The molecule has 0 spiro atoms. The predicted octanol–water partition coefficient (Wildman–Crippen LogP) is 0.781. The minimum Gasteiger partial charge on any atom is -0.330 e. The van der Waals surface area contributed by atoms with Gasteiger partial charge in [-0.1, -0.05) is 0 Å². The second kappa shape index (κ2) is 4.81. The summed E-state index contributed by atoms with van der Waals surface area (Å²) in [5, 5.41) is 5.53. The zero-order chi connectivity index (χ0) is 13.3. The number of hydrogen-bond acceptors (Lipinski definition) is 5. The largest absolute Gasteiger partial charge is 0.330 e. The van der Waals surface area contributed by atoms with Crippen molar-refractivity contribution < 1.29 is 4.79 Å². The minimum atomic E-state index is -0.237. The smallest absolute Gasteiger partial charge is 0.258 e. The second-order valence-corrected chi connectivity index (χ2v) is 4.47. The molecule has 0 fully saturated rings. The van der Waals surface area contributed by atoms with Crippen molar-refractivity contribution in [2.24, 2.45) is 16.8 Å². The molecule has 2 rings (SSSR count). The lowest BCUT2D eigenvalue weighted by molar-refractivity contribution is -0.119. The summed E-state index contributed by atoms with van der Waals surface area (Å²) >= 11 is 0. The molecule has 1 aromatic rings. The molecule has 1 aliphatic heterocycles. The molecule has 1 aliphatic rings. The first-order chi connectivity index (χ1) is 8.52. The van der Waals surface area contributed by atoms with E-state index in [1.807, 2.05) is 26.8 Å². The van der Waals surface area contributed by atoms with Crippen LogP contribution in [0.5, 0.6) is 0 Å². The van der Waals surface area contributed by atoms with Crippen molar-refractivity contribution in [2.45, 2.75) is 27.2 Å². The van der Waals surface area contributed by atoms with Crippen molar-refractivity contribution in [1.82, 2.24) is 9.97 Å². The van der Waals surface area contributed by atoms with Crippen molar-refractivity contribution in [1.29, 1.82) is 0 Å². The van der Waals surface area contributed by atoms with Crippen LogP contribution in [0.25, 0.3) is 0 Å². The van der Waals surface area contributed by atoms with Crippen LogP contribution >= 0.6 is 0 Å². The van der Waals surface area contributed by atoms with Gasteiger partial charge in [-0.3, -0.25) is 4.79 Å². The number of amides is 1. The van der Waals surface area contributed by atoms with E-state index in [1.165, 1.54) is 5.01 Å². The number of nitrogens with two attached hydrogens (primary N) is 1. The Morgan fingerprint density at radius 1 is 1.28 bits per heavy atom. The van der Waals surface area contributed by atoms with Gasteiger partial charge in [0.05, 0.1) is 5.92 Å². The van der Waals surface area contributed by atoms with Crippen molar-refractivity contribution in [3.63, 3.8) is 0 Å². The van der Waals surface area contributed by atoms with E-state index in [-0.39, 0.29) is 11.8 Å². The van der Waals surface area contributed by atoms with Gasteiger partial charge in [-0.25, -0.2) is 9.97 Å². The molecule has 0 saturated heterocycles. The highest BCUT2D eigenvalue weighted by Gasteiger charge is 2.35. The Kier molecular flexibility index (Phi) is 3.38. The van der Waals surface area contributed by atoms with Crippen LogP contribution in [0.1, 0.15) is 24.7 Å². The molecule has 1 aromatic heterocycles. The van der Waals surface area contributed by atoms with E-state index in [2.05, 4.69) is 15.1 Å². The molecule has 0 bridgehead atoms. The number of anilines is 1. The summed E-state index contributed by atoms with van der Waals surface area (Å²) in [4.78, 5) is 20.7. The minimum absolute atomic E-state index is 0.0945. The first-order valence-electron chi connectivity index (χ1n) is 5.94. The van der Waals surface area contributed by atoms with Gasteiger partial charge in [0.1, 0.15) is 0 Å². The number of nitrogens with zero attached hydrogens (tertiary/aromatic N) is 4. The van der Waals surface area contributed by atoms with Gasteiger partial charge in [0, 0.05) is 17.1 Å². The van der Waals surface area contributed by atoms with E-state index in [0.717, 1.165) is 17.1 Å². The average molecular weight is 247 g/mol. The molecule has 0 aliphatic carbocycles. The summed E-state index contributed by atoms with van der Waals surface area (Å²) in [5.74, 6) is 0.0127. The van der Waals surface area contributed by atoms with E-state index < -0.39 is 0 Å². The Balaban J connectivity index is 2.33. The maximum Gasteiger partial charge on any atom is 0.258 e. The molecule has 96 valence electrons. The number of hydrogen-bond donors (Lipinski definition) is 1. The standard InChI is InChI=1S/C12H17N5O/c1-7-6-8(2)15-12(14-7)17-11(18)10(4-5-13)9(3)16-17/h6,10H,4-5,13H2,1-3H3. The van der Waals surface area contributed by atoms with Crippen molar-refractivity contribution >= 4 is 17.6 Å². The number of carbonyl (C=O) groups excluding carboxylic acids is 1. The molecule has 0 radical (unpaired) electrons. The Labute approximate surface area is 106 Å². The number of carbonyl (C=O) groups is 1. The van der Waals surface area contributed by atoms with Gasteiger partial charge in [0.15, 0.2) is 0 Å².